The Morgan fingerprint density at radius 1 is 1.06 bits per heavy atom. The van der Waals surface area contributed by atoms with E-state index in [-0.39, 0.29) is 11.6 Å². The zero-order valence-corrected chi connectivity index (χ0v) is 19.0. The van der Waals surface area contributed by atoms with Crippen LogP contribution in [0.1, 0.15) is 18.3 Å². The number of para-hydroxylation sites is 1. The van der Waals surface area contributed by atoms with Crippen LogP contribution < -0.4 is 10.0 Å². The number of carbonyl (C=O) groups is 1. The Morgan fingerprint density at radius 3 is 2.51 bits per heavy atom. The second kappa shape index (κ2) is 9.47. The van der Waals surface area contributed by atoms with Gasteiger partial charge in [0.25, 0.3) is 10.0 Å². The standard InChI is InChI=1S/C23H19F3N4O4S/c1-14(30-35(32,33)21-11-16-4-2-3-5-19(16)34-21)22(31)29-13-18-10-15(8-9-27-18)17-6-7-20(28-12-17)23(24,25)26/h2-12,14,30H,13H2,1H3,(H,29,31)/t14-/m0/s1. The number of rotatable bonds is 7. The van der Waals surface area contributed by atoms with E-state index in [1.165, 1.54) is 25.3 Å². The van der Waals surface area contributed by atoms with Crippen LogP contribution in [0.3, 0.4) is 0 Å². The molecule has 4 aromatic rings. The molecule has 0 aliphatic heterocycles. The number of furan rings is 1. The highest BCUT2D eigenvalue weighted by molar-refractivity contribution is 7.89. The monoisotopic (exact) mass is 504 g/mol. The van der Waals surface area contributed by atoms with Crippen molar-refractivity contribution in [3.63, 3.8) is 0 Å². The fourth-order valence-corrected chi connectivity index (χ4v) is 4.42. The van der Waals surface area contributed by atoms with Crippen molar-refractivity contribution in [3.05, 3.63) is 78.4 Å². The summed E-state index contributed by atoms with van der Waals surface area (Å²) < 4.78 is 71.0. The number of nitrogens with one attached hydrogen (secondary N) is 2. The van der Waals surface area contributed by atoms with Gasteiger partial charge in [-0.2, -0.15) is 17.9 Å². The summed E-state index contributed by atoms with van der Waals surface area (Å²) in [6.45, 7) is 1.35. The molecule has 4 rings (SSSR count). The zero-order valence-electron chi connectivity index (χ0n) is 18.2. The molecule has 182 valence electrons. The van der Waals surface area contributed by atoms with E-state index in [0.717, 1.165) is 12.3 Å². The summed E-state index contributed by atoms with van der Waals surface area (Å²) in [6, 6.07) is 12.4. The SMILES string of the molecule is C[C@H](NS(=O)(=O)c1cc2ccccc2o1)C(=O)NCc1cc(-c2ccc(C(F)(F)F)nc2)ccn1. The van der Waals surface area contributed by atoms with Crippen LogP contribution >= 0.6 is 0 Å². The highest BCUT2D eigenvalue weighted by atomic mass is 32.2. The average Bonchev–Trinajstić information content (AvgIpc) is 3.27. The lowest BCUT2D eigenvalue weighted by Gasteiger charge is -2.13. The van der Waals surface area contributed by atoms with Crippen LogP contribution in [0.4, 0.5) is 13.2 Å². The van der Waals surface area contributed by atoms with Gasteiger partial charge in [0.2, 0.25) is 11.0 Å². The van der Waals surface area contributed by atoms with Gasteiger partial charge in [0.05, 0.1) is 18.3 Å². The minimum atomic E-state index is -4.53. The van der Waals surface area contributed by atoms with E-state index in [1.807, 2.05) is 0 Å². The van der Waals surface area contributed by atoms with Crippen LogP contribution in [-0.4, -0.2) is 30.3 Å². The molecular formula is C23H19F3N4O4S. The molecule has 35 heavy (non-hydrogen) atoms. The summed E-state index contributed by atoms with van der Waals surface area (Å²) in [5.74, 6) is -0.604. The first-order valence-corrected chi connectivity index (χ1v) is 11.8. The van der Waals surface area contributed by atoms with Gasteiger partial charge in [-0.3, -0.25) is 14.8 Å². The molecule has 1 amide bonds. The number of carbonyl (C=O) groups excluding carboxylic acids is 1. The first-order valence-electron chi connectivity index (χ1n) is 10.3. The Balaban J connectivity index is 1.39. The highest BCUT2D eigenvalue weighted by Crippen LogP contribution is 2.29. The number of hydrogen-bond donors (Lipinski definition) is 2. The van der Waals surface area contributed by atoms with Crippen molar-refractivity contribution in [2.24, 2.45) is 0 Å². The minimum Gasteiger partial charge on any atom is -0.443 e. The fourth-order valence-electron chi connectivity index (χ4n) is 3.25. The second-order valence-corrected chi connectivity index (χ2v) is 9.27. The predicted molar refractivity (Wildman–Crippen MR) is 120 cm³/mol. The molecule has 0 aliphatic rings. The summed E-state index contributed by atoms with van der Waals surface area (Å²) in [4.78, 5) is 20.0. The number of pyridine rings is 2. The second-order valence-electron chi connectivity index (χ2n) is 7.63. The number of alkyl halides is 3. The molecule has 3 aromatic heterocycles. The Morgan fingerprint density at radius 2 is 1.83 bits per heavy atom. The molecule has 0 radical (unpaired) electrons. The zero-order chi connectivity index (χ0) is 25.2. The van der Waals surface area contributed by atoms with Crippen LogP contribution in [0.2, 0.25) is 0 Å². The van der Waals surface area contributed by atoms with Crippen molar-refractivity contribution in [1.82, 2.24) is 20.0 Å². The van der Waals surface area contributed by atoms with Gasteiger partial charge in [0.1, 0.15) is 11.3 Å². The lowest BCUT2D eigenvalue weighted by Crippen LogP contribution is -2.44. The molecule has 0 saturated heterocycles. The molecule has 1 aromatic carbocycles. The lowest BCUT2D eigenvalue weighted by molar-refractivity contribution is -0.141. The van der Waals surface area contributed by atoms with Crippen molar-refractivity contribution in [2.75, 3.05) is 0 Å². The number of aromatic nitrogens is 2. The lowest BCUT2D eigenvalue weighted by atomic mass is 10.1. The Labute approximate surface area is 198 Å². The van der Waals surface area contributed by atoms with Gasteiger partial charge in [0.15, 0.2) is 0 Å². The molecule has 0 bridgehead atoms. The van der Waals surface area contributed by atoms with Gasteiger partial charge in [-0.15, -0.1) is 0 Å². The maximum absolute atomic E-state index is 12.7. The van der Waals surface area contributed by atoms with E-state index in [9.17, 15) is 26.4 Å². The maximum atomic E-state index is 12.7. The first-order chi connectivity index (χ1) is 16.5. The number of benzene rings is 1. The van der Waals surface area contributed by atoms with Crippen molar-refractivity contribution < 1.29 is 30.8 Å². The Kier molecular flexibility index (Phi) is 6.59. The molecule has 0 unspecified atom stereocenters. The molecule has 0 fully saturated rings. The van der Waals surface area contributed by atoms with Gasteiger partial charge in [-0.05, 0) is 36.8 Å². The maximum Gasteiger partial charge on any atom is 0.433 e. The normalized spacial score (nSPS) is 13.0. The van der Waals surface area contributed by atoms with Crippen LogP contribution in [0.15, 0.2) is 76.5 Å². The smallest absolute Gasteiger partial charge is 0.433 e. The number of sulfonamides is 1. The summed E-state index contributed by atoms with van der Waals surface area (Å²) >= 11 is 0. The largest absolute Gasteiger partial charge is 0.443 e. The summed E-state index contributed by atoms with van der Waals surface area (Å²) in [7, 11) is -4.09. The van der Waals surface area contributed by atoms with E-state index < -0.39 is 33.8 Å². The quantitative estimate of drug-likeness (QED) is 0.395. The van der Waals surface area contributed by atoms with Crippen molar-refractivity contribution >= 4 is 26.9 Å². The highest BCUT2D eigenvalue weighted by Gasteiger charge is 2.32. The third kappa shape index (κ3) is 5.66. The topological polar surface area (TPSA) is 114 Å². The molecule has 0 spiro atoms. The number of nitrogens with zero attached hydrogens (tertiary/aromatic N) is 2. The molecule has 3 heterocycles. The van der Waals surface area contributed by atoms with Gasteiger partial charge < -0.3 is 9.73 Å². The number of hydrogen-bond acceptors (Lipinski definition) is 6. The van der Waals surface area contributed by atoms with Crippen molar-refractivity contribution in [2.45, 2.75) is 30.8 Å². The van der Waals surface area contributed by atoms with E-state index in [4.69, 9.17) is 4.42 Å². The minimum absolute atomic E-state index is 0.0303. The summed E-state index contributed by atoms with van der Waals surface area (Å²) in [6.07, 6.45) is -1.98. The van der Waals surface area contributed by atoms with Gasteiger partial charge in [-0.1, -0.05) is 24.3 Å². The molecule has 0 saturated carbocycles. The third-order valence-corrected chi connectivity index (χ3v) is 6.44. The van der Waals surface area contributed by atoms with Crippen molar-refractivity contribution in [3.8, 4) is 11.1 Å². The fraction of sp³-hybridized carbons (Fsp3) is 0.174. The van der Waals surface area contributed by atoms with Gasteiger partial charge in [-0.25, -0.2) is 8.42 Å². The van der Waals surface area contributed by atoms with Gasteiger partial charge >= 0.3 is 6.18 Å². The Hall–Kier alpha value is -3.77. The van der Waals surface area contributed by atoms with E-state index >= 15 is 0 Å². The van der Waals surface area contributed by atoms with Crippen LogP contribution in [0.25, 0.3) is 22.1 Å². The predicted octanol–water partition coefficient (Wildman–Crippen LogP) is 3.89. The summed E-state index contributed by atoms with van der Waals surface area (Å²) in [5, 5.41) is 2.89. The molecular weight excluding hydrogens is 485 g/mol. The molecule has 0 aliphatic carbocycles. The average molecular weight is 504 g/mol. The molecule has 12 heteroatoms. The van der Waals surface area contributed by atoms with E-state index in [1.54, 1.807) is 36.4 Å². The molecule has 1 atom stereocenters. The van der Waals surface area contributed by atoms with Crippen LogP contribution in [0, 0.1) is 0 Å². The van der Waals surface area contributed by atoms with Crippen molar-refractivity contribution in [1.29, 1.82) is 0 Å². The number of fused-ring (bicyclic) bond motifs is 1. The van der Waals surface area contributed by atoms with Crippen LogP contribution in [-0.2, 0) is 27.5 Å². The molecule has 2 N–H and O–H groups in total. The Bertz CT molecular complexity index is 1440. The third-order valence-electron chi connectivity index (χ3n) is 5.04. The van der Waals surface area contributed by atoms with Gasteiger partial charge in [0, 0.05) is 29.4 Å². The van der Waals surface area contributed by atoms with E-state index in [2.05, 4.69) is 20.0 Å². The summed E-state index contributed by atoms with van der Waals surface area (Å²) in [5.41, 5.74) is 0.827. The number of halogens is 3. The number of amides is 1. The first kappa shape index (κ1) is 24.4. The molecule has 8 nitrogen and oxygen atoms in total. The van der Waals surface area contributed by atoms with E-state index in [0.29, 0.717) is 27.8 Å². The van der Waals surface area contributed by atoms with Crippen LogP contribution in [0.5, 0.6) is 0 Å².